The number of hydrogen-bond acceptors (Lipinski definition) is 4. The molecule has 0 saturated heterocycles. The van der Waals surface area contributed by atoms with Gasteiger partial charge >= 0.3 is 6.61 Å². The van der Waals surface area contributed by atoms with Gasteiger partial charge in [-0.2, -0.15) is 13.9 Å². The molecule has 0 heterocycles. The molecule has 2 rings (SSSR count). The lowest BCUT2D eigenvalue weighted by Gasteiger charge is -2.11. The van der Waals surface area contributed by atoms with Crippen molar-refractivity contribution in [3.05, 3.63) is 53.1 Å². The Hall–Kier alpha value is -2.74. The van der Waals surface area contributed by atoms with Gasteiger partial charge in [0, 0.05) is 5.69 Å². The number of ether oxygens (including phenoxy) is 2. The lowest BCUT2D eigenvalue weighted by atomic mass is 10.1. The van der Waals surface area contributed by atoms with Gasteiger partial charge in [0.05, 0.1) is 13.3 Å². The van der Waals surface area contributed by atoms with Gasteiger partial charge in [-0.3, -0.25) is 5.43 Å². The maximum Gasteiger partial charge on any atom is 0.387 e. The van der Waals surface area contributed by atoms with Gasteiger partial charge in [-0.25, -0.2) is 0 Å². The zero-order valence-corrected chi connectivity index (χ0v) is 15.4. The molecule has 0 aromatic heterocycles. The first-order valence-electron chi connectivity index (χ1n) is 7.69. The van der Waals surface area contributed by atoms with Crippen LogP contribution in [0.3, 0.4) is 0 Å². The molecule has 0 fully saturated rings. The summed E-state index contributed by atoms with van der Waals surface area (Å²) >= 11 is 5.20. The summed E-state index contributed by atoms with van der Waals surface area (Å²) in [6, 6.07) is 10.5. The Kier molecular flexibility index (Phi) is 6.85. The van der Waals surface area contributed by atoms with Crippen LogP contribution >= 0.6 is 12.2 Å². The molecule has 2 N–H and O–H groups in total. The molecule has 0 aliphatic rings. The third-order valence-corrected chi connectivity index (χ3v) is 3.61. The average molecular weight is 379 g/mol. The van der Waals surface area contributed by atoms with Gasteiger partial charge in [-0.05, 0) is 61.5 Å². The topological polar surface area (TPSA) is 54.9 Å². The fraction of sp³-hybridized carbons (Fsp3) is 0.222. The number of anilines is 1. The van der Waals surface area contributed by atoms with Crippen molar-refractivity contribution < 1.29 is 18.3 Å². The number of methoxy groups -OCH3 is 1. The van der Waals surface area contributed by atoms with E-state index in [0.29, 0.717) is 10.7 Å². The third-order valence-electron chi connectivity index (χ3n) is 3.41. The Labute approximate surface area is 156 Å². The summed E-state index contributed by atoms with van der Waals surface area (Å²) in [5.74, 6) is 0.143. The number of halogens is 2. The van der Waals surface area contributed by atoms with Crippen molar-refractivity contribution in [3.8, 4) is 11.5 Å². The van der Waals surface area contributed by atoms with Gasteiger partial charge in [0.1, 0.15) is 0 Å². The molecular weight excluding hydrogens is 360 g/mol. The molecule has 26 heavy (non-hydrogen) atoms. The quantitative estimate of drug-likeness (QED) is 0.447. The third kappa shape index (κ3) is 5.66. The Bertz CT molecular complexity index is 813. The lowest BCUT2D eigenvalue weighted by molar-refractivity contribution is -0.0512. The van der Waals surface area contributed by atoms with Gasteiger partial charge < -0.3 is 14.8 Å². The van der Waals surface area contributed by atoms with Crippen LogP contribution in [0.2, 0.25) is 0 Å². The lowest BCUT2D eigenvalue weighted by Crippen LogP contribution is -2.24. The van der Waals surface area contributed by atoms with Crippen LogP contribution in [-0.2, 0) is 0 Å². The second kappa shape index (κ2) is 9.10. The molecule has 0 bridgehead atoms. The Morgan fingerprint density at radius 2 is 1.92 bits per heavy atom. The molecule has 5 nitrogen and oxygen atoms in total. The molecule has 0 amide bonds. The first kappa shape index (κ1) is 19.6. The minimum atomic E-state index is -2.92. The molecule has 2 aromatic carbocycles. The molecule has 0 aliphatic carbocycles. The number of nitrogens with one attached hydrogen (secondary N) is 2. The maximum absolute atomic E-state index is 12.3. The predicted molar refractivity (Wildman–Crippen MR) is 102 cm³/mol. The number of thiocarbonyl (C=S) groups is 1. The SMILES string of the molecule is COc1cc(C=NNC(=S)Nc2ccc(C)cc2C)ccc1OC(F)F. The van der Waals surface area contributed by atoms with E-state index >= 15 is 0 Å². The number of hydrogen-bond donors (Lipinski definition) is 2. The first-order valence-corrected chi connectivity index (χ1v) is 8.10. The normalized spacial score (nSPS) is 10.8. The van der Waals surface area contributed by atoms with E-state index in [0.717, 1.165) is 16.8 Å². The molecule has 0 unspecified atom stereocenters. The van der Waals surface area contributed by atoms with Crippen molar-refractivity contribution in [1.29, 1.82) is 0 Å². The summed E-state index contributed by atoms with van der Waals surface area (Å²) in [6.45, 7) is 1.08. The fourth-order valence-corrected chi connectivity index (χ4v) is 2.39. The molecule has 2 aromatic rings. The molecule has 0 spiro atoms. The Balaban J connectivity index is 1.98. The van der Waals surface area contributed by atoms with Crippen LogP contribution in [0.15, 0.2) is 41.5 Å². The molecule has 8 heteroatoms. The van der Waals surface area contributed by atoms with Crippen LogP contribution in [-0.4, -0.2) is 25.0 Å². The van der Waals surface area contributed by atoms with Crippen LogP contribution in [0.5, 0.6) is 11.5 Å². The van der Waals surface area contributed by atoms with Crippen molar-refractivity contribution in [2.45, 2.75) is 20.5 Å². The van der Waals surface area contributed by atoms with E-state index in [2.05, 4.69) is 20.6 Å². The fourth-order valence-electron chi connectivity index (χ4n) is 2.23. The summed E-state index contributed by atoms with van der Waals surface area (Å²) in [7, 11) is 1.37. The number of rotatable bonds is 6. The van der Waals surface area contributed by atoms with Gasteiger partial charge in [-0.1, -0.05) is 17.7 Å². The van der Waals surface area contributed by atoms with E-state index in [1.165, 1.54) is 25.5 Å². The smallest absolute Gasteiger partial charge is 0.387 e. The van der Waals surface area contributed by atoms with Crippen molar-refractivity contribution in [3.63, 3.8) is 0 Å². The van der Waals surface area contributed by atoms with E-state index in [1.54, 1.807) is 6.07 Å². The molecule has 0 atom stereocenters. The van der Waals surface area contributed by atoms with Crippen LogP contribution in [0.4, 0.5) is 14.5 Å². The maximum atomic E-state index is 12.3. The minimum absolute atomic E-state index is 0.0420. The van der Waals surface area contributed by atoms with E-state index in [1.807, 2.05) is 32.0 Å². The number of aryl methyl sites for hydroxylation is 2. The summed E-state index contributed by atoms with van der Waals surface area (Å²) in [6.07, 6.45) is 1.49. The van der Waals surface area contributed by atoms with Crippen molar-refractivity contribution in [2.24, 2.45) is 5.10 Å². The number of nitrogens with zero attached hydrogens (tertiary/aromatic N) is 1. The predicted octanol–water partition coefficient (Wildman–Crippen LogP) is 4.23. The number of benzene rings is 2. The van der Waals surface area contributed by atoms with Gasteiger partial charge in [-0.15, -0.1) is 0 Å². The monoisotopic (exact) mass is 379 g/mol. The second-order valence-corrected chi connectivity index (χ2v) is 5.84. The van der Waals surface area contributed by atoms with Crippen LogP contribution in [0.25, 0.3) is 0 Å². The Morgan fingerprint density at radius 1 is 1.15 bits per heavy atom. The molecule has 0 saturated carbocycles. The van der Waals surface area contributed by atoms with E-state index in [9.17, 15) is 8.78 Å². The zero-order chi connectivity index (χ0) is 19.1. The largest absolute Gasteiger partial charge is 0.493 e. The highest BCUT2D eigenvalue weighted by Gasteiger charge is 2.10. The summed E-state index contributed by atoms with van der Waals surface area (Å²) < 4.78 is 34.1. The summed E-state index contributed by atoms with van der Waals surface area (Å²) in [5, 5.41) is 7.41. The average Bonchev–Trinajstić information content (AvgIpc) is 2.58. The van der Waals surface area contributed by atoms with Crippen molar-refractivity contribution in [1.82, 2.24) is 5.43 Å². The summed E-state index contributed by atoms with van der Waals surface area (Å²) in [4.78, 5) is 0. The first-order chi connectivity index (χ1) is 12.4. The number of alkyl halides is 2. The zero-order valence-electron chi connectivity index (χ0n) is 14.5. The molecule has 0 aliphatic heterocycles. The van der Waals surface area contributed by atoms with Gasteiger partial charge in [0.25, 0.3) is 0 Å². The van der Waals surface area contributed by atoms with Crippen LogP contribution in [0.1, 0.15) is 16.7 Å². The van der Waals surface area contributed by atoms with Gasteiger partial charge in [0.2, 0.25) is 0 Å². The van der Waals surface area contributed by atoms with Crippen molar-refractivity contribution >= 4 is 29.2 Å². The van der Waals surface area contributed by atoms with Gasteiger partial charge in [0.15, 0.2) is 16.6 Å². The van der Waals surface area contributed by atoms with Crippen LogP contribution < -0.4 is 20.2 Å². The highest BCUT2D eigenvalue weighted by Crippen LogP contribution is 2.28. The molecular formula is C18H19F2N3O2S. The van der Waals surface area contributed by atoms with Crippen molar-refractivity contribution in [2.75, 3.05) is 12.4 Å². The summed E-state index contributed by atoms with van der Waals surface area (Å²) in [5.41, 5.74) is 6.45. The highest BCUT2D eigenvalue weighted by molar-refractivity contribution is 7.80. The van der Waals surface area contributed by atoms with E-state index in [4.69, 9.17) is 17.0 Å². The van der Waals surface area contributed by atoms with Crippen LogP contribution in [0, 0.1) is 13.8 Å². The highest BCUT2D eigenvalue weighted by atomic mass is 32.1. The molecule has 138 valence electrons. The second-order valence-electron chi connectivity index (χ2n) is 5.43. The molecule has 0 radical (unpaired) electrons. The minimum Gasteiger partial charge on any atom is -0.493 e. The standard InChI is InChI=1S/C18H19F2N3O2S/c1-11-4-6-14(12(2)8-11)22-18(26)23-21-10-13-5-7-15(25-17(19)20)16(9-13)24-3/h4-10,17H,1-3H3,(H2,22,23,26). The Morgan fingerprint density at radius 3 is 2.58 bits per heavy atom. The number of hydrazone groups is 1. The van der Waals surface area contributed by atoms with E-state index in [-0.39, 0.29) is 11.5 Å². The van der Waals surface area contributed by atoms with E-state index < -0.39 is 6.61 Å².